The highest BCUT2D eigenvalue weighted by molar-refractivity contribution is 6.33. The van der Waals surface area contributed by atoms with Crippen LogP contribution < -0.4 is 0 Å². The number of benzene rings is 4. The predicted molar refractivity (Wildman–Crippen MR) is 135 cm³/mol. The van der Waals surface area contributed by atoms with Gasteiger partial charge in [-0.25, -0.2) is 4.98 Å². The number of fused-ring (bicyclic) bond motifs is 5. The van der Waals surface area contributed by atoms with Gasteiger partial charge in [-0.1, -0.05) is 90.0 Å². The van der Waals surface area contributed by atoms with Crippen molar-refractivity contribution in [2.24, 2.45) is 0 Å². The number of aromatic nitrogens is 1. The Kier molecular flexibility index (Phi) is 4.40. The summed E-state index contributed by atoms with van der Waals surface area (Å²) in [6, 6.07) is 33.1. The minimum absolute atomic E-state index is 0.695. The Balaban J connectivity index is 1.82. The maximum absolute atomic E-state index is 7.73. The van der Waals surface area contributed by atoms with Crippen LogP contribution in [0.4, 0.5) is 0 Å². The molecule has 0 fully saturated rings. The van der Waals surface area contributed by atoms with Gasteiger partial charge in [-0.15, -0.1) is 11.6 Å². The summed E-state index contributed by atoms with van der Waals surface area (Å²) in [7, 11) is 0. The molecular formula is C29H19Cl2N. The summed E-state index contributed by atoms with van der Waals surface area (Å²) in [6.07, 6.45) is 0. The number of nitrogens with zero attached hydrogens (tertiary/aromatic N) is 1. The monoisotopic (exact) mass is 451 g/mol. The lowest BCUT2D eigenvalue weighted by Gasteiger charge is -2.27. The van der Waals surface area contributed by atoms with Gasteiger partial charge < -0.3 is 0 Å². The Labute approximate surface area is 197 Å². The van der Waals surface area contributed by atoms with Crippen molar-refractivity contribution in [3.8, 4) is 22.4 Å². The van der Waals surface area contributed by atoms with Gasteiger partial charge in [0.15, 0.2) is 0 Å². The summed E-state index contributed by atoms with van der Waals surface area (Å²) in [5.74, 6) is 0. The molecule has 1 aliphatic rings. The van der Waals surface area contributed by atoms with Crippen LogP contribution in [0.5, 0.6) is 0 Å². The van der Waals surface area contributed by atoms with Gasteiger partial charge in [0, 0.05) is 27.1 Å². The second-order valence-corrected chi connectivity index (χ2v) is 9.31. The summed E-state index contributed by atoms with van der Waals surface area (Å²) in [5.41, 5.74) is 9.57. The van der Waals surface area contributed by atoms with Crippen LogP contribution in [0.3, 0.4) is 0 Å². The highest BCUT2D eigenvalue weighted by atomic mass is 35.5. The molecule has 3 heteroatoms. The van der Waals surface area contributed by atoms with Crippen LogP contribution in [-0.4, -0.2) is 4.98 Å². The Morgan fingerprint density at radius 2 is 1.50 bits per heavy atom. The van der Waals surface area contributed by atoms with E-state index in [1.54, 1.807) is 0 Å². The zero-order valence-corrected chi connectivity index (χ0v) is 19.0. The minimum Gasteiger partial charge on any atom is -0.247 e. The lowest BCUT2D eigenvalue weighted by molar-refractivity contribution is 0.920. The standard InChI is InChI=1S/C29H19Cl2N/c1-18-11-16-25-23(17-18)27-26(28(32-25)19-7-3-2-4-8-19)22-9-5-6-10-24(22)29(27,31)20-12-14-21(30)15-13-20/h2-17H,1H3. The van der Waals surface area contributed by atoms with Crippen molar-refractivity contribution in [2.75, 3.05) is 0 Å². The fraction of sp³-hybridized carbons (Fsp3) is 0.0690. The van der Waals surface area contributed by atoms with Gasteiger partial charge in [-0.05, 0) is 47.9 Å². The third-order valence-electron chi connectivity index (χ3n) is 6.34. The van der Waals surface area contributed by atoms with Crippen molar-refractivity contribution in [2.45, 2.75) is 11.8 Å². The quantitative estimate of drug-likeness (QED) is 0.245. The van der Waals surface area contributed by atoms with E-state index in [2.05, 4.69) is 73.7 Å². The minimum atomic E-state index is -0.838. The Morgan fingerprint density at radius 1 is 0.781 bits per heavy atom. The number of aryl methyl sites for hydroxylation is 1. The highest BCUT2D eigenvalue weighted by Gasteiger charge is 2.46. The molecule has 1 atom stereocenters. The van der Waals surface area contributed by atoms with Gasteiger partial charge in [-0.2, -0.15) is 0 Å². The van der Waals surface area contributed by atoms with Crippen LogP contribution >= 0.6 is 23.2 Å². The molecular weight excluding hydrogens is 433 g/mol. The van der Waals surface area contributed by atoms with E-state index in [4.69, 9.17) is 28.2 Å². The molecule has 0 aliphatic heterocycles. The molecule has 1 aliphatic carbocycles. The van der Waals surface area contributed by atoms with E-state index in [0.717, 1.165) is 50.0 Å². The van der Waals surface area contributed by atoms with E-state index in [1.165, 1.54) is 5.56 Å². The molecule has 0 radical (unpaired) electrons. The van der Waals surface area contributed by atoms with Crippen molar-refractivity contribution < 1.29 is 0 Å². The van der Waals surface area contributed by atoms with E-state index in [1.807, 2.05) is 30.3 Å². The molecule has 0 N–H and O–H groups in total. The van der Waals surface area contributed by atoms with Gasteiger partial charge in [0.25, 0.3) is 0 Å². The van der Waals surface area contributed by atoms with E-state index in [0.29, 0.717) is 5.02 Å². The fourth-order valence-corrected chi connectivity index (χ4v) is 5.53. The number of halogens is 2. The van der Waals surface area contributed by atoms with Crippen LogP contribution in [-0.2, 0) is 4.87 Å². The van der Waals surface area contributed by atoms with Gasteiger partial charge in [0.05, 0.1) is 11.2 Å². The van der Waals surface area contributed by atoms with Crippen molar-refractivity contribution in [3.05, 3.63) is 124 Å². The van der Waals surface area contributed by atoms with Crippen LogP contribution in [0.1, 0.15) is 22.3 Å². The lowest BCUT2D eigenvalue weighted by Crippen LogP contribution is -2.20. The molecule has 6 rings (SSSR count). The number of pyridine rings is 1. The van der Waals surface area contributed by atoms with Crippen LogP contribution in [0.2, 0.25) is 5.02 Å². The molecule has 154 valence electrons. The summed E-state index contributed by atoms with van der Waals surface area (Å²) in [6.45, 7) is 2.11. The second kappa shape index (κ2) is 7.20. The predicted octanol–water partition coefficient (Wildman–Crippen LogP) is 8.37. The highest BCUT2D eigenvalue weighted by Crippen LogP contribution is 2.59. The lowest BCUT2D eigenvalue weighted by atomic mass is 9.85. The number of hydrogen-bond donors (Lipinski definition) is 0. The first-order valence-electron chi connectivity index (χ1n) is 10.6. The summed E-state index contributed by atoms with van der Waals surface area (Å²) in [5, 5.41) is 1.78. The van der Waals surface area contributed by atoms with Crippen LogP contribution in [0.25, 0.3) is 33.3 Å². The molecule has 4 aromatic carbocycles. The smallest absolute Gasteiger partial charge is 0.121 e. The molecule has 0 spiro atoms. The van der Waals surface area contributed by atoms with E-state index in [-0.39, 0.29) is 0 Å². The Morgan fingerprint density at radius 3 is 2.28 bits per heavy atom. The van der Waals surface area contributed by atoms with Crippen molar-refractivity contribution in [1.29, 1.82) is 0 Å². The first kappa shape index (κ1) is 19.5. The SMILES string of the molecule is Cc1ccc2nc(-c3ccccc3)c3c(c2c1)C(Cl)(c1ccc(Cl)cc1)c1ccccc1-3. The topological polar surface area (TPSA) is 12.9 Å². The summed E-state index contributed by atoms with van der Waals surface area (Å²) < 4.78 is 0. The summed E-state index contributed by atoms with van der Waals surface area (Å²) >= 11 is 14.0. The number of alkyl halides is 1. The van der Waals surface area contributed by atoms with Gasteiger partial charge >= 0.3 is 0 Å². The average molecular weight is 452 g/mol. The van der Waals surface area contributed by atoms with Crippen molar-refractivity contribution >= 4 is 34.1 Å². The number of hydrogen-bond acceptors (Lipinski definition) is 1. The average Bonchev–Trinajstić information content (AvgIpc) is 3.10. The third kappa shape index (κ3) is 2.75. The molecule has 1 heterocycles. The zero-order chi connectivity index (χ0) is 21.9. The van der Waals surface area contributed by atoms with E-state index >= 15 is 0 Å². The molecule has 1 aromatic heterocycles. The maximum Gasteiger partial charge on any atom is 0.121 e. The molecule has 32 heavy (non-hydrogen) atoms. The summed E-state index contributed by atoms with van der Waals surface area (Å²) in [4.78, 5) is 4.31. The van der Waals surface area contributed by atoms with Crippen molar-refractivity contribution in [3.63, 3.8) is 0 Å². The normalized spacial score (nSPS) is 16.7. The van der Waals surface area contributed by atoms with Crippen molar-refractivity contribution in [1.82, 2.24) is 4.98 Å². The zero-order valence-electron chi connectivity index (χ0n) is 17.4. The van der Waals surface area contributed by atoms with Gasteiger partial charge in [0.1, 0.15) is 4.87 Å². The largest absolute Gasteiger partial charge is 0.247 e. The van der Waals surface area contributed by atoms with Crippen LogP contribution in [0.15, 0.2) is 97.1 Å². The fourth-order valence-electron chi connectivity index (χ4n) is 4.92. The van der Waals surface area contributed by atoms with Gasteiger partial charge in [-0.3, -0.25) is 0 Å². The number of rotatable bonds is 2. The Hall–Kier alpha value is -3.13. The van der Waals surface area contributed by atoms with Gasteiger partial charge in [0.2, 0.25) is 0 Å². The third-order valence-corrected chi connectivity index (χ3v) is 7.20. The molecule has 0 bridgehead atoms. The first-order valence-corrected chi connectivity index (χ1v) is 11.4. The second-order valence-electron chi connectivity index (χ2n) is 8.31. The van der Waals surface area contributed by atoms with Crippen LogP contribution in [0, 0.1) is 6.92 Å². The first-order chi connectivity index (χ1) is 15.6. The molecule has 5 aromatic rings. The maximum atomic E-state index is 7.73. The molecule has 0 saturated heterocycles. The molecule has 1 unspecified atom stereocenters. The van der Waals surface area contributed by atoms with E-state index in [9.17, 15) is 0 Å². The Bertz CT molecular complexity index is 1490. The molecule has 1 nitrogen and oxygen atoms in total. The molecule has 0 saturated carbocycles. The molecule has 0 amide bonds. The van der Waals surface area contributed by atoms with E-state index < -0.39 is 4.87 Å².